The van der Waals surface area contributed by atoms with Gasteiger partial charge in [-0.25, -0.2) is 0 Å². The number of aryl methyl sites for hydroxylation is 1. The summed E-state index contributed by atoms with van der Waals surface area (Å²) in [5.74, 6) is 0.0230. The molecule has 27 heavy (non-hydrogen) atoms. The second kappa shape index (κ2) is 7.46. The van der Waals surface area contributed by atoms with Crippen LogP contribution in [0, 0.1) is 6.92 Å². The van der Waals surface area contributed by atoms with Crippen molar-refractivity contribution in [1.29, 1.82) is 0 Å². The van der Waals surface area contributed by atoms with Gasteiger partial charge in [0, 0.05) is 34.8 Å². The number of ketones is 1. The van der Waals surface area contributed by atoms with Crippen LogP contribution in [0.2, 0.25) is 0 Å². The lowest BCUT2D eigenvalue weighted by Gasteiger charge is -2.05. The van der Waals surface area contributed by atoms with Crippen molar-refractivity contribution < 1.29 is 4.79 Å². The van der Waals surface area contributed by atoms with Crippen molar-refractivity contribution in [2.75, 3.05) is 0 Å². The number of carbonyl (C=O) groups excluding carboxylic acids is 1. The molecule has 0 saturated carbocycles. The summed E-state index contributed by atoms with van der Waals surface area (Å²) in [7, 11) is 0. The number of allylic oxidation sites excluding steroid dienone is 1. The normalized spacial score (nSPS) is 11.3. The Labute approximate surface area is 159 Å². The Morgan fingerprint density at radius 1 is 0.889 bits per heavy atom. The lowest BCUT2D eigenvalue weighted by molar-refractivity contribution is 0.104. The highest BCUT2D eigenvalue weighted by Gasteiger charge is 2.07. The van der Waals surface area contributed by atoms with Crippen molar-refractivity contribution in [3.63, 3.8) is 0 Å². The molecule has 2 nitrogen and oxygen atoms in total. The second-order valence-electron chi connectivity index (χ2n) is 6.78. The third-order valence-electron chi connectivity index (χ3n) is 4.77. The number of carbonyl (C=O) groups is 1. The molecule has 0 aliphatic heterocycles. The number of hydrogen-bond acceptors (Lipinski definition) is 1. The summed E-state index contributed by atoms with van der Waals surface area (Å²) in [6.07, 6.45) is 5.71. The first-order valence-corrected chi connectivity index (χ1v) is 9.11. The number of aromatic nitrogens is 1. The number of para-hydroxylation sites is 1. The number of rotatable bonds is 5. The molecule has 0 atom stereocenters. The molecule has 0 radical (unpaired) electrons. The number of benzene rings is 3. The maximum Gasteiger partial charge on any atom is 0.185 e. The SMILES string of the molecule is Cc1ccc(C(=O)C=Cc2cn(Cc3ccccc3)c3ccccc23)cc1. The largest absolute Gasteiger partial charge is 0.342 e. The highest BCUT2D eigenvalue weighted by atomic mass is 16.1. The third kappa shape index (κ3) is 3.75. The Morgan fingerprint density at radius 2 is 1.59 bits per heavy atom. The van der Waals surface area contributed by atoms with Gasteiger partial charge in [0.05, 0.1) is 0 Å². The standard InChI is InChI=1S/C25H21NO/c1-19-11-13-21(14-12-19)25(27)16-15-22-18-26(17-20-7-3-2-4-8-20)24-10-6-5-9-23(22)24/h2-16,18H,17H2,1H3. The zero-order valence-electron chi connectivity index (χ0n) is 15.3. The van der Waals surface area contributed by atoms with E-state index < -0.39 is 0 Å². The first-order valence-electron chi connectivity index (χ1n) is 9.11. The van der Waals surface area contributed by atoms with Crippen LogP contribution in [-0.4, -0.2) is 10.4 Å². The summed E-state index contributed by atoms with van der Waals surface area (Å²) >= 11 is 0. The molecule has 0 aliphatic carbocycles. The summed E-state index contributed by atoms with van der Waals surface area (Å²) in [6.45, 7) is 2.83. The molecule has 0 spiro atoms. The molecule has 3 aromatic carbocycles. The van der Waals surface area contributed by atoms with Crippen LogP contribution in [0.4, 0.5) is 0 Å². The lowest BCUT2D eigenvalue weighted by Crippen LogP contribution is -1.97. The van der Waals surface area contributed by atoms with E-state index in [-0.39, 0.29) is 5.78 Å². The van der Waals surface area contributed by atoms with E-state index in [0.717, 1.165) is 23.1 Å². The first-order chi connectivity index (χ1) is 13.2. The Hall–Kier alpha value is -3.39. The first kappa shape index (κ1) is 17.0. The molecule has 0 aliphatic rings. The molecule has 4 rings (SSSR count). The fraction of sp³-hybridized carbons (Fsp3) is 0.0800. The minimum atomic E-state index is 0.0230. The van der Waals surface area contributed by atoms with E-state index in [9.17, 15) is 4.79 Å². The van der Waals surface area contributed by atoms with Crippen LogP contribution in [0.15, 0.2) is 91.1 Å². The van der Waals surface area contributed by atoms with E-state index in [1.54, 1.807) is 6.08 Å². The molecule has 2 heteroatoms. The molecule has 4 aromatic rings. The predicted molar refractivity (Wildman–Crippen MR) is 112 cm³/mol. The van der Waals surface area contributed by atoms with E-state index in [4.69, 9.17) is 0 Å². The average molecular weight is 351 g/mol. The molecule has 1 aromatic heterocycles. The third-order valence-corrected chi connectivity index (χ3v) is 4.77. The molecule has 0 N–H and O–H groups in total. The van der Waals surface area contributed by atoms with Gasteiger partial charge in [-0.2, -0.15) is 0 Å². The van der Waals surface area contributed by atoms with E-state index in [1.807, 2.05) is 49.4 Å². The van der Waals surface area contributed by atoms with Crippen molar-refractivity contribution in [2.24, 2.45) is 0 Å². The van der Waals surface area contributed by atoms with Crippen molar-refractivity contribution in [1.82, 2.24) is 4.57 Å². The van der Waals surface area contributed by atoms with E-state index >= 15 is 0 Å². The number of fused-ring (bicyclic) bond motifs is 1. The van der Waals surface area contributed by atoms with Crippen molar-refractivity contribution in [3.05, 3.63) is 113 Å². The van der Waals surface area contributed by atoms with Gasteiger partial charge >= 0.3 is 0 Å². The van der Waals surface area contributed by atoms with Gasteiger partial charge in [-0.1, -0.05) is 78.4 Å². The Bertz CT molecular complexity index is 1100. The van der Waals surface area contributed by atoms with Gasteiger partial charge in [-0.05, 0) is 30.7 Å². The van der Waals surface area contributed by atoms with Crippen LogP contribution in [0.25, 0.3) is 17.0 Å². The summed E-state index contributed by atoms with van der Waals surface area (Å²) in [4.78, 5) is 12.5. The lowest BCUT2D eigenvalue weighted by atomic mass is 10.1. The molecule has 0 saturated heterocycles. The molecule has 0 bridgehead atoms. The van der Waals surface area contributed by atoms with Gasteiger partial charge in [-0.3, -0.25) is 4.79 Å². The summed E-state index contributed by atoms with van der Waals surface area (Å²) in [6, 6.07) is 26.4. The Kier molecular flexibility index (Phi) is 4.71. The van der Waals surface area contributed by atoms with Gasteiger partial charge in [0.25, 0.3) is 0 Å². The van der Waals surface area contributed by atoms with Crippen molar-refractivity contribution >= 4 is 22.8 Å². The molecule has 0 unspecified atom stereocenters. The maximum atomic E-state index is 12.5. The number of hydrogen-bond donors (Lipinski definition) is 0. The van der Waals surface area contributed by atoms with Gasteiger partial charge in [0.1, 0.15) is 0 Å². The topological polar surface area (TPSA) is 22.0 Å². The van der Waals surface area contributed by atoms with E-state index in [1.165, 1.54) is 11.1 Å². The van der Waals surface area contributed by atoms with Crippen LogP contribution in [-0.2, 0) is 6.54 Å². The van der Waals surface area contributed by atoms with Crippen LogP contribution in [0.3, 0.4) is 0 Å². The minimum absolute atomic E-state index is 0.0230. The van der Waals surface area contributed by atoms with Crippen molar-refractivity contribution in [2.45, 2.75) is 13.5 Å². The smallest absolute Gasteiger partial charge is 0.185 e. The quantitative estimate of drug-likeness (QED) is 0.324. The van der Waals surface area contributed by atoms with Crippen LogP contribution in [0.5, 0.6) is 0 Å². The van der Waals surface area contributed by atoms with E-state index in [2.05, 4.69) is 53.2 Å². The molecular formula is C25H21NO. The highest BCUT2D eigenvalue weighted by molar-refractivity contribution is 6.07. The Balaban J connectivity index is 1.65. The maximum absolute atomic E-state index is 12.5. The fourth-order valence-corrected chi connectivity index (χ4v) is 3.30. The van der Waals surface area contributed by atoms with E-state index in [0.29, 0.717) is 5.56 Å². The zero-order chi connectivity index (χ0) is 18.6. The molecule has 1 heterocycles. The van der Waals surface area contributed by atoms with Crippen molar-refractivity contribution in [3.8, 4) is 0 Å². The summed E-state index contributed by atoms with van der Waals surface area (Å²) < 4.78 is 2.24. The molecule has 0 amide bonds. The average Bonchev–Trinajstić information content (AvgIpc) is 3.05. The van der Waals surface area contributed by atoms with Crippen LogP contribution >= 0.6 is 0 Å². The molecular weight excluding hydrogens is 330 g/mol. The van der Waals surface area contributed by atoms with Crippen LogP contribution < -0.4 is 0 Å². The fourth-order valence-electron chi connectivity index (χ4n) is 3.30. The van der Waals surface area contributed by atoms with Gasteiger partial charge < -0.3 is 4.57 Å². The second-order valence-corrected chi connectivity index (χ2v) is 6.78. The van der Waals surface area contributed by atoms with Gasteiger partial charge in [-0.15, -0.1) is 0 Å². The molecule has 0 fully saturated rings. The number of nitrogens with zero attached hydrogens (tertiary/aromatic N) is 1. The summed E-state index contributed by atoms with van der Waals surface area (Å²) in [5, 5.41) is 1.15. The summed E-state index contributed by atoms with van der Waals surface area (Å²) in [5.41, 5.74) is 5.35. The zero-order valence-corrected chi connectivity index (χ0v) is 15.3. The van der Waals surface area contributed by atoms with Crippen LogP contribution in [0.1, 0.15) is 27.0 Å². The van der Waals surface area contributed by atoms with Gasteiger partial charge in [0.15, 0.2) is 5.78 Å². The molecule has 132 valence electrons. The predicted octanol–water partition coefficient (Wildman–Crippen LogP) is 5.89. The minimum Gasteiger partial charge on any atom is -0.342 e. The monoisotopic (exact) mass is 351 g/mol. The van der Waals surface area contributed by atoms with Gasteiger partial charge in [0.2, 0.25) is 0 Å². The highest BCUT2D eigenvalue weighted by Crippen LogP contribution is 2.24. The Morgan fingerprint density at radius 3 is 2.37 bits per heavy atom.